The van der Waals surface area contributed by atoms with Gasteiger partial charge >= 0.3 is 18.2 Å². The summed E-state index contributed by atoms with van der Waals surface area (Å²) in [7, 11) is 0. The maximum atomic E-state index is 13.4. The highest BCUT2D eigenvalue weighted by atomic mass is 19.4. The van der Waals surface area contributed by atoms with Gasteiger partial charge in [0.2, 0.25) is 11.4 Å². The van der Waals surface area contributed by atoms with Crippen molar-refractivity contribution in [2.75, 3.05) is 6.61 Å². The van der Waals surface area contributed by atoms with Crippen molar-refractivity contribution < 1.29 is 37.4 Å². The molecule has 3 rings (SSSR count). The molecule has 2 aromatic carbocycles. The molecule has 2 unspecified atom stereocenters. The van der Waals surface area contributed by atoms with Crippen LogP contribution in [0.3, 0.4) is 0 Å². The first-order chi connectivity index (χ1) is 16.2. The van der Waals surface area contributed by atoms with E-state index in [-0.39, 0.29) is 12.5 Å². The van der Waals surface area contributed by atoms with E-state index in [0.717, 1.165) is 22.3 Å². The molecular weight excluding hydrogens is 465 g/mol. The number of halogens is 3. The molecular formula is C25H27F3N2O5. The summed E-state index contributed by atoms with van der Waals surface area (Å²) >= 11 is 0. The van der Waals surface area contributed by atoms with Gasteiger partial charge in [0.25, 0.3) is 0 Å². The van der Waals surface area contributed by atoms with Gasteiger partial charge in [0.15, 0.2) is 0 Å². The summed E-state index contributed by atoms with van der Waals surface area (Å²) in [6.45, 7) is 4.85. The van der Waals surface area contributed by atoms with Crippen molar-refractivity contribution in [3.05, 3.63) is 59.7 Å². The molecule has 0 aliphatic heterocycles. The topological polar surface area (TPSA) is 105 Å². The van der Waals surface area contributed by atoms with E-state index in [1.54, 1.807) is 0 Å². The third kappa shape index (κ3) is 5.11. The van der Waals surface area contributed by atoms with Gasteiger partial charge in [0.1, 0.15) is 12.6 Å². The second-order valence-electron chi connectivity index (χ2n) is 9.69. The van der Waals surface area contributed by atoms with Crippen LogP contribution < -0.4 is 10.6 Å². The summed E-state index contributed by atoms with van der Waals surface area (Å²) in [5.41, 5.74) is -0.617. The van der Waals surface area contributed by atoms with Gasteiger partial charge in [0, 0.05) is 5.92 Å². The van der Waals surface area contributed by atoms with Crippen molar-refractivity contribution in [2.24, 2.45) is 5.41 Å². The van der Waals surface area contributed by atoms with E-state index in [1.807, 2.05) is 48.5 Å². The zero-order chi connectivity index (χ0) is 26.2. The number of carboxylic acids is 1. The van der Waals surface area contributed by atoms with E-state index in [0.29, 0.717) is 6.92 Å². The molecule has 2 aromatic rings. The first kappa shape index (κ1) is 26.1. The highest BCUT2D eigenvalue weighted by Gasteiger charge is 2.59. The van der Waals surface area contributed by atoms with Crippen LogP contribution in [0.4, 0.5) is 18.0 Å². The molecule has 0 heterocycles. The van der Waals surface area contributed by atoms with Crippen molar-refractivity contribution in [3.63, 3.8) is 0 Å². The summed E-state index contributed by atoms with van der Waals surface area (Å²) in [4.78, 5) is 36.7. The molecule has 1 aliphatic carbocycles. The van der Waals surface area contributed by atoms with Crippen molar-refractivity contribution in [1.29, 1.82) is 0 Å². The molecule has 3 N–H and O–H groups in total. The number of ether oxygens (including phenoxy) is 1. The predicted octanol–water partition coefficient (Wildman–Crippen LogP) is 4.46. The highest BCUT2D eigenvalue weighted by molar-refractivity contribution is 5.92. The van der Waals surface area contributed by atoms with E-state index >= 15 is 0 Å². The predicted molar refractivity (Wildman–Crippen MR) is 122 cm³/mol. The maximum absolute atomic E-state index is 13.4. The minimum Gasteiger partial charge on any atom is -0.479 e. The van der Waals surface area contributed by atoms with E-state index in [4.69, 9.17) is 9.84 Å². The number of fused-ring (bicyclic) bond motifs is 3. The fraction of sp³-hybridized carbons (Fsp3) is 0.400. The summed E-state index contributed by atoms with van der Waals surface area (Å²) in [6.07, 6.45) is -6.27. The number of carbonyl (C=O) groups excluding carboxylic acids is 2. The fourth-order valence-electron chi connectivity index (χ4n) is 4.00. The van der Waals surface area contributed by atoms with Crippen LogP contribution in [-0.2, 0) is 14.3 Å². The van der Waals surface area contributed by atoms with Crippen molar-refractivity contribution in [1.82, 2.24) is 10.6 Å². The molecule has 0 spiro atoms. The normalized spacial score (nSPS) is 15.9. The molecule has 35 heavy (non-hydrogen) atoms. The van der Waals surface area contributed by atoms with Crippen LogP contribution in [-0.4, -0.2) is 47.4 Å². The molecule has 2 atom stereocenters. The average Bonchev–Trinajstić information content (AvgIpc) is 3.08. The molecule has 0 fully saturated rings. The molecule has 0 aromatic heterocycles. The van der Waals surface area contributed by atoms with Crippen LogP contribution in [0, 0.1) is 5.41 Å². The lowest BCUT2D eigenvalue weighted by atomic mass is 9.85. The first-order valence-corrected chi connectivity index (χ1v) is 10.9. The second kappa shape index (κ2) is 9.24. The Labute approximate surface area is 200 Å². The molecule has 10 heteroatoms. The summed E-state index contributed by atoms with van der Waals surface area (Å²) in [5, 5.41) is 12.9. The second-order valence-corrected chi connectivity index (χ2v) is 9.69. The Hall–Kier alpha value is -3.56. The lowest BCUT2D eigenvalue weighted by molar-refractivity contribution is -0.207. The van der Waals surface area contributed by atoms with Crippen LogP contribution in [0.5, 0.6) is 0 Å². The Balaban J connectivity index is 1.75. The van der Waals surface area contributed by atoms with Crippen LogP contribution in [0.2, 0.25) is 0 Å². The van der Waals surface area contributed by atoms with Gasteiger partial charge < -0.3 is 20.5 Å². The van der Waals surface area contributed by atoms with Crippen LogP contribution >= 0.6 is 0 Å². The lowest BCUT2D eigenvalue weighted by Crippen LogP contribution is -2.66. The van der Waals surface area contributed by atoms with Crippen molar-refractivity contribution >= 4 is 18.0 Å². The SMILES string of the molecule is CC(C)(C)C(NC(=O)OCC1c2ccccc2-c2ccccc21)C(=O)NC(C)(C(=O)O)C(F)(F)F. The zero-order valence-electron chi connectivity index (χ0n) is 19.7. The van der Waals surface area contributed by atoms with Gasteiger partial charge in [-0.2, -0.15) is 13.2 Å². The summed E-state index contributed by atoms with van der Waals surface area (Å²) in [6, 6.07) is 13.8. The van der Waals surface area contributed by atoms with E-state index in [9.17, 15) is 27.6 Å². The highest BCUT2D eigenvalue weighted by Crippen LogP contribution is 2.44. The number of alkyl halides is 3. The quantitative estimate of drug-likeness (QED) is 0.552. The number of carboxylic acid groups (broad SMARTS) is 1. The summed E-state index contributed by atoms with van der Waals surface area (Å²) < 4.78 is 45.5. The van der Waals surface area contributed by atoms with Gasteiger partial charge in [-0.15, -0.1) is 0 Å². The summed E-state index contributed by atoms with van der Waals surface area (Å²) in [5.74, 6) is -3.82. The van der Waals surface area contributed by atoms with Crippen LogP contribution in [0.1, 0.15) is 44.7 Å². The monoisotopic (exact) mass is 492 g/mol. The number of carbonyl (C=O) groups is 3. The van der Waals surface area contributed by atoms with E-state index < -0.39 is 41.1 Å². The van der Waals surface area contributed by atoms with Gasteiger partial charge in [-0.3, -0.25) is 4.79 Å². The number of aliphatic carboxylic acids is 1. The number of hydrogen-bond acceptors (Lipinski definition) is 4. The number of amides is 2. The van der Waals surface area contributed by atoms with Crippen LogP contribution in [0.15, 0.2) is 48.5 Å². The largest absolute Gasteiger partial charge is 0.479 e. The van der Waals surface area contributed by atoms with E-state index in [1.165, 1.54) is 26.1 Å². The Kier molecular flexibility index (Phi) is 6.88. The standard InChI is InChI=1S/C25H27F3N2O5/c1-23(2,3)19(20(31)30-24(4,21(32)33)25(26,27)28)29-22(34)35-13-18-16-11-7-5-9-14(16)15-10-6-8-12-17(15)18/h5-12,18-19H,13H2,1-4H3,(H,29,34)(H,30,31)(H,32,33). The number of benzene rings is 2. The Bertz CT molecular complexity index is 1100. The van der Waals surface area contributed by atoms with Crippen molar-refractivity contribution in [2.45, 2.75) is 51.4 Å². The number of alkyl carbamates (subject to hydrolysis) is 1. The molecule has 1 aliphatic rings. The number of rotatable bonds is 6. The van der Waals surface area contributed by atoms with Gasteiger partial charge in [0.05, 0.1) is 0 Å². The smallest absolute Gasteiger partial charge is 0.422 e. The zero-order valence-corrected chi connectivity index (χ0v) is 19.7. The minimum absolute atomic E-state index is 0.0618. The van der Waals surface area contributed by atoms with Crippen LogP contribution in [0.25, 0.3) is 11.1 Å². The maximum Gasteiger partial charge on any atom is 0.422 e. The average molecular weight is 492 g/mol. The Morgan fingerprint density at radius 1 is 0.943 bits per heavy atom. The molecule has 0 bridgehead atoms. The number of nitrogens with one attached hydrogen (secondary N) is 2. The van der Waals surface area contributed by atoms with E-state index in [2.05, 4.69) is 5.32 Å². The molecule has 2 amide bonds. The third-order valence-electron chi connectivity index (χ3n) is 6.10. The van der Waals surface area contributed by atoms with Gasteiger partial charge in [-0.1, -0.05) is 69.3 Å². The molecule has 188 valence electrons. The molecule has 0 saturated carbocycles. The minimum atomic E-state index is -5.26. The van der Waals surface area contributed by atoms with Gasteiger partial charge in [-0.05, 0) is 34.6 Å². The molecule has 0 saturated heterocycles. The lowest BCUT2D eigenvalue weighted by Gasteiger charge is -2.34. The fourth-order valence-corrected chi connectivity index (χ4v) is 4.00. The molecule has 0 radical (unpaired) electrons. The Morgan fingerprint density at radius 3 is 1.86 bits per heavy atom. The first-order valence-electron chi connectivity index (χ1n) is 10.9. The van der Waals surface area contributed by atoms with Crippen molar-refractivity contribution in [3.8, 4) is 11.1 Å². The number of hydrogen-bond donors (Lipinski definition) is 3. The third-order valence-corrected chi connectivity index (χ3v) is 6.10. The molecule has 7 nitrogen and oxygen atoms in total. The van der Waals surface area contributed by atoms with Gasteiger partial charge in [-0.25, -0.2) is 9.59 Å². The Morgan fingerprint density at radius 2 is 1.43 bits per heavy atom.